The Balaban J connectivity index is 2.01. The summed E-state index contributed by atoms with van der Waals surface area (Å²) in [6, 6.07) is 5.47. The fourth-order valence-electron chi connectivity index (χ4n) is 1.35. The van der Waals surface area contributed by atoms with Crippen molar-refractivity contribution in [3.63, 3.8) is 0 Å². The summed E-state index contributed by atoms with van der Waals surface area (Å²) in [7, 11) is -3.29. The van der Waals surface area contributed by atoms with Crippen molar-refractivity contribution >= 4 is 9.84 Å². The minimum atomic E-state index is -3.29. The number of nitrogens with zero attached hydrogens (tertiary/aromatic N) is 2. The lowest BCUT2D eigenvalue weighted by Gasteiger charge is -2.02. The first-order valence-electron chi connectivity index (χ1n) is 5.76. The van der Waals surface area contributed by atoms with Crippen molar-refractivity contribution < 1.29 is 22.1 Å². The summed E-state index contributed by atoms with van der Waals surface area (Å²) in [5.74, 6) is 0.333. The van der Waals surface area contributed by atoms with Gasteiger partial charge in [0.15, 0.2) is 16.4 Å². The Morgan fingerprint density at radius 3 is 2.60 bits per heavy atom. The fourth-order valence-corrected chi connectivity index (χ4v) is 1.82. The molecular formula is C12H13FN2O4S. The van der Waals surface area contributed by atoms with Crippen LogP contribution in [-0.4, -0.2) is 24.8 Å². The van der Waals surface area contributed by atoms with Gasteiger partial charge in [-0.25, -0.2) is 12.8 Å². The highest BCUT2D eigenvalue weighted by Crippen LogP contribution is 2.19. The van der Waals surface area contributed by atoms with Gasteiger partial charge in [-0.1, -0.05) is 5.16 Å². The van der Waals surface area contributed by atoms with Crippen LogP contribution in [-0.2, 0) is 16.4 Å². The Bertz CT molecular complexity index is 682. The van der Waals surface area contributed by atoms with Gasteiger partial charge < -0.3 is 9.26 Å². The summed E-state index contributed by atoms with van der Waals surface area (Å²) in [6.07, 6.45) is 1.09. The van der Waals surface area contributed by atoms with E-state index in [1.807, 2.05) is 0 Å². The van der Waals surface area contributed by atoms with Crippen LogP contribution < -0.4 is 4.74 Å². The molecule has 20 heavy (non-hydrogen) atoms. The molecule has 0 aliphatic rings. The summed E-state index contributed by atoms with van der Waals surface area (Å²) >= 11 is 0. The third-order valence-corrected chi connectivity index (χ3v) is 4.14. The van der Waals surface area contributed by atoms with E-state index in [9.17, 15) is 12.8 Å². The number of halogens is 1. The quantitative estimate of drug-likeness (QED) is 0.838. The topological polar surface area (TPSA) is 82.3 Å². The molecule has 1 unspecified atom stereocenters. The Hall–Kier alpha value is -1.96. The maximum Gasteiger partial charge on any atom is 0.244 e. The standard InChI is InChI=1S/C12H13FN2O4S/c1-8(20(2,16)17)12-14-11(15-19-12)7-18-10-5-3-9(13)4-6-10/h3-6,8H,7H2,1-2H3. The summed E-state index contributed by atoms with van der Waals surface area (Å²) in [6.45, 7) is 1.47. The van der Waals surface area contributed by atoms with Crippen LogP contribution in [0.1, 0.15) is 23.9 Å². The Morgan fingerprint density at radius 2 is 2.00 bits per heavy atom. The third-order valence-electron chi connectivity index (χ3n) is 2.66. The van der Waals surface area contributed by atoms with Gasteiger partial charge in [0.05, 0.1) is 0 Å². The van der Waals surface area contributed by atoms with Crippen LogP contribution in [0.25, 0.3) is 0 Å². The second-order valence-corrected chi connectivity index (χ2v) is 6.63. The first kappa shape index (κ1) is 14.4. The number of sulfone groups is 1. The van der Waals surface area contributed by atoms with E-state index in [0.717, 1.165) is 6.26 Å². The highest BCUT2D eigenvalue weighted by Gasteiger charge is 2.23. The number of aromatic nitrogens is 2. The zero-order chi connectivity index (χ0) is 14.8. The van der Waals surface area contributed by atoms with Crippen molar-refractivity contribution in [2.75, 3.05) is 6.26 Å². The van der Waals surface area contributed by atoms with E-state index < -0.39 is 15.1 Å². The molecule has 1 aromatic heterocycles. The van der Waals surface area contributed by atoms with E-state index in [4.69, 9.17) is 9.26 Å². The first-order valence-corrected chi connectivity index (χ1v) is 7.71. The predicted octanol–water partition coefficient (Wildman–Crippen LogP) is 1.89. The van der Waals surface area contributed by atoms with Gasteiger partial charge in [0.1, 0.15) is 16.8 Å². The van der Waals surface area contributed by atoms with Crippen molar-refractivity contribution in [3.05, 3.63) is 41.8 Å². The lowest BCUT2D eigenvalue weighted by molar-refractivity contribution is 0.284. The van der Waals surface area contributed by atoms with Gasteiger partial charge in [-0.15, -0.1) is 0 Å². The summed E-state index contributed by atoms with van der Waals surface area (Å²) in [4.78, 5) is 3.95. The fraction of sp³-hybridized carbons (Fsp3) is 0.333. The molecule has 0 aliphatic heterocycles. The molecule has 2 rings (SSSR count). The van der Waals surface area contributed by atoms with Gasteiger partial charge >= 0.3 is 0 Å². The van der Waals surface area contributed by atoms with Gasteiger partial charge in [-0.2, -0.15) is 4.98 Å². The molecule has 108 valence electrons. The average Bonchev–Trinajstić information content (AvgIpc) is 2.85. The van der Waals surface area contributed by atoms with E-state index in [1.54, 1.807) is 0 Å². The average molecular weight is 300 g/mol. The highest BCUT2D eigenvalue weighted by atomic mass is 32.2. The monoisotopic (exact) mass is 300 g/mol. The molecule has 0 N–H and O–H groups in total. The van der Waals surface area contributed by atoms with Crippen LogP contribution >= 0.6 is 0 Å². The Morgan fingerprint density at radius 1 is 1.35 bits per heavy atom. The van der Waals surface area contributed by atoms with Crippen molar-refractivity contribution in [2.45, 2.75) is 18.8 Å². The zero-order valence-corrected chi connectivity index (χ0v) is 11.7. The molecule has 0 aliphatic carbocycles. The Labute approximate surface area is 115 Å². The number of hydrogen-bond donors (Lipinski definition) is 0. The van der Waals surface area contributed by atoms with Crippen LogP contribution in [0.3, 0.4) is 0 Å². The zero-order valence-electron chi connectivity index (χ0n) is 10.9. The van der Waals surface area contributed by atoms with E-state index in [-0.39, 0.29) is 24.1 Å². The van der Waals surface area contributed by atoms with Crippen molar-refractivity contribution in [1.82, 2.24) is 10.1 Å². The smallest absolute Gasteiger partial charge is 0.244 e. The van der Waals surface area contributed by atoms with Gasteiger partial charge in [-0.3, -0.25) is 0 Å². The van der Waals surface area contributed by atoms with Crippen molar-refractivity contribution in [1.29, 1.82) is 0 Å². The van der Waals surface area contributed by atoms with Crippen LogP contribution in [0.5, 0.6) is 5.75 Å². The van der Waals surface area contributed by atoms with Crippen LogP contribution in [0.15, 0.2) is 28.8 Å². The normalized spacial score (nSPS) is 13.2. The lowest BCUT2D eigenvalue weighted by Crippen LogP contribution is -2.08. The SMILES string of the molecule is CC(c1nc(COc2ccc(F)cc2)no1)S(C)(=O)=O. The summed E-state index contributed by atoms with van der Waals surface area (Å²) in [5, 5.41) is 2.77. The second kappa shape index (κ2) is 5.58. The maximum atomic E-state index is 12.7. The molecule has 2 aromatic rings. The summed E-state index contributed by atoms with van der Waals surface area (Å²) < 4.78 is 45.6. The number of ether oxygens (including phenoxy) is 1. The first-order chi connectivity index (χ1) is 9.36. The van der Waals surface area contributed by atoms with Gasteiger partial charge in [0, 0.05) is 6.26 Å². The molecule has 1 atom stereocenters. The molecule has 0 fully saturated rings. The van der Waals surface area contributed by atoms with Gasteiger partial charge in [0.25, 0.3) is 0 Å². The van der Waals surface area contributed by atoms with E-state index in [0.29, 0.717) is 5.75 Å². The molecule has 0 radical (unpaired) electrons. The molecule has 0 saturated carbocycles. The van der Waals surface area contributed by atoms with Crippen molar-refractivity contribution in [2.24, 2.45) is 0 Å². The van der Waals surface area contributed by atoms with Crippen LogP contribution in [0, 0.1) is 5.82 Å². The van der Waals surface area contributed by atoms with Gasteiger partial charge in [-0.05, 0) is 31.2 Å². The number of benzene rings is 1. The largest absolute Gasteiger partial charge is 0.485 e. The second-order valence-electron chi connectivity index (χ2n) is 4.26. The predicted molar refractivity (Wildman–Crippen MR) is 68.3 cm³/mol. The van der Waals surface area contributed by atoms with Crippen molar-refractivity contribution in [3.8, 4) is 5.75 Å². The number of rotatable bonds is 5. The third kappa shape index (κ3) is 3.53. The van der Waals surface area contributed by atoms with E-state index in [1.165, 1.54) is 31.2 Å². The minimum Gasteiger partial charge on any atom is -0.485 e. The van der Waals surface area contributed by atoms with Crippen LogP contribution in [0.2, 0.25) is 0 Å². The maximum absolute atomic E-state index is 12.7. The molecule has 0 amide bonds. The molecule has 1 aromatic carbocycles. The Kier molecular flexibility index (Phi) is 4.03. The summed E-state index contributed by atoms with van der Waals surface area (Å²) in [5.41, 5.74) is 0. The number of hydrogen-bond acceptors (Lipinski definition) is 6. The molecule has 1 heterocycles. The van der Waals surface area contributed by atoms with E-state index in [2.05, 4.69) is 10.1 Å². The highest BCUT2D eigenvalue weighted by molar-refractivity contribution is 7.90. The van der Waals surface area contributed by atoms with E-state index >= 15 is 0 Å². The van der Waals surface area contributed by atoms with Gasteiger partial charge in [0.2, 0.25) is 11.7 Å². The molecule has 8 heteroatoms. The molecule has 0 saturated heterocycles. The molecular weight excluding hydrogens is 287 g/mol. The molecule has 0 spiro atoms. The molecule has 0 bridgehead atoms. The minimum absolute atomic E-state index is 0.00557. The lowest BCUT2D eigenvalue weighted by atomic mass is 10.3. The molecule has 6 nitrogen and oxygen atoms in total. The van der Waals surface area contributed by atoms with Crippen LogP contribution in [0.4, 0.5) is 4.39 Å².